The third-order valence-corrected chi connectivity index (χ3v) is 5.02. The Bertz CT molecular complexity index is 543. The van der Waals surface area contributed by atoms with Crippen LogP contribution in [0.1, 0.15) is 82.9 Å². The molecule has 3 nitrogen and oxygen atoms in total. The maximum atomic E-state index is 14.3. The molecule has 1 N–H and O–H groups in total. The van der Waals surface area contributed by atoms with Crippen LogP contribution in [0.2, 0.25) is 0 Å². The molecule has 0 saturated heterocycles. The first-order valence-corrected chi connectivity index (χ1v) is 10.1. The zero-order valence-corrected chi connectivity index (χ0v) is 14.8. The molecule has 0 saturated carbocycles. The minimum atomic E-state index is -4.37. The van der Waals surface area contributed by atoms with Gasteiger partial charge in [0.1, 0.15) is 6.17 Å². The van der Waals surface area contributed by atoms with Crippen molar-refractivity contribution >= 4 is 10.1 Å². The maximum Gasteiger partial charge on any atom is 0.294 e. The summed E-state index contributed by atoms with van der Waals surface area (Å²) in [4.78, 5) is -0.316. The van der Waals surface area contributed by atoms with E-state index in [1.807, 2.05) is 0 Å². The predicted octanol–water partition coefficient (Wildman–Crippen LogP) is 5.86. The van der Waals surface area contributed by atoms with Gasteiger partial charge >= 0.3 is 0 Å². The molecule has 0 spiro atoms. The molecule has 1 aromatic rings. The lowest BCUT2D eigenvalue weighted by Gasteiger charge is -2.12. The van der Waals surface area contributed by atoms with Crippen molar-refractivity contribution in [2.45, 2.75) is 82.2 Å². The Morgan fingerprint density at radius 3 is 2.04 bits per heavy atom. The number of rotatable bonds is 12. The number of hydrogen-bond acceptors (Lipinski definition) is 2. The van der Waals surface area contributed by atoms with Gasteiger partial charge in [0.15, 0.2) is 0 Å². The molecule has 5 heteroatoms. The van der Waals surface area contributed by atoms with Crippen LogP contribution in [-0.4, -0.2) is 13.0 Å². The molecule has 0 bridgehead atoms. The highest BCUT2D eigenvalue weighted by atomic mass is 32.2. The SMILES string of the molecule is CCCCCCCCCCCC(F)c1ccccc1S(=O)(=O)O. The van der Waals surface area contributed by atoms with Gasteiger partial charge in [0.05, 0.1) is 4.90 Å². The zero-order chi connectivity index (χ0) is 17.1. The van der Waals surface area contributed by atoms with Crippen LogP contribution in [-0.2, 0) is 10.1 Å². The fourth-order valence-electron chi connectivity index (χ4n) is 2.76. The van der Waals surface area contributed by atoms with Crippen LogP contribution < -0.4 is 0 Å². The summed E-state index contributed by atoms with van der Waals surface area (Å²) in [5.74, 6) is 0. The van der Waals surface area contributed by atoms with E-state index in [0.717, 1.165) is 19.3 Å². The second-order valence-corrected chi connectivity index (χ2v) is 7.49. The van der Waals surface area contributed by atoms with Crippen molar-refractivity contribution in [3.8, 4) is 0 Å². The summed E-state index contributed by atoms with van der Waals surface area (Å²) in [5, 5.41) is 0. The molecule has 23 heavy (non-hydrogen) atoms. The lowest BCUT2D eigenvalue weighted by molar-refractivity contribution is 0.306. The van der Waals surface area contributed by atoms with Crippen molar-refractivity contribution in [1.82, 2.24) is 0 Å². The van der Waals surface area contributed by atoms with Gasteiger partial charge in [0.25, 0.3) is 10.1 Å². The lowest BCUT2D eigenvalue weighted by atomic mass is 10.0. The molecule has 0 aromatic heterocycles. The molecule has 1 atom stereocenters. The number of unbranched alkanes of at least 4 members (excludes halogenated alkanes) is 8. The van der Waals surface area contributed by atoms with Crippen LogP contribution in [0.25, 0.3) is 0 Å². The van der Waals surface area contributed by atoms with Crippen molar-refractivity contribution in [3.05, 3.63) is 29.8 Å². The van der Waals surface area contributed by atoms with E-state index < -0.39 is 16.3 Å². The molecule has 0 radical (unpaired) electrons. The molecular weight excluding hydrogens is 315 g/mol. The third kappa shape index (κ3) is 7.93. The van der Waals surface area contributed by atoms with Gasteiger partial charge in [-0.3, -0.25) is 4.55 Å². The number of halogens is 1. The fraction of sp³-hybridized carbons (Fsp3) is 0.667. The average molecular weight is 344 g/mol. The van der Waals surface area contributed by atoms with Crippen LogP contribution in [0, 0.1) is 0 Å². The van der Waals surface area contributed by atoms with Crippen molar-refractivity contribution in [1.29, 1.82) is 0 Å². The molecule has 1 rings (SSSR count). The summed E-state index contributed by atoms with van der Waals surface area (Å²) in [5.41, 5.74) is 0.0644. The van der Waals surface area contributed by atoms with E-state index in [9.17, 15) is 12.8 Å². The van der Waals surface area contributed by atoms with Gasteiger partial charge in [-0.25, -0.2) is 4.39 Å². The Morgan fingerprint density at radius 2 is 1.48 bits per heavy atom. The van der Waals surface area contributed by atoms with E-state index >= 15 is 0 Å². The van der Waals surface area contributed by atoms with Gasteiger partial charge < -0.3 is 0 Å². The smallest absolute Gasteiger partial charge is 0.282 e. The normalized spacial score (nSPS) is 13.2. The highest BCUT2D eigenvalue weighted by molar-refractivity contribution is 7.85. The van der Waals surface area contributed by atoms with Gasteiger partial charge in [0, 0.05) is 5.56 Å². The van der Waals surface area contributed by atoms with E-state index in [-0.39, 0.29) is 10.5 Å². The van der Waals surface area contributed by atoms with Crippen LogP contribution in [0.4, 0.5) is 4.39 Å². The van der Waals surface area contributed by atoms with E-state index in [4.69, 9.17) is 4.55 Å². The highest BCUT2D eigenvalue weighted by Crippen LogP contribution is 2.29. The van der Waals surface area contributed by atoms with Gasteiger partial charge in [-0.2, -0.15) is 8.42 Å². The summed E-state index contributed by atoms with van der Waals surface area (Å²) in [6.07, 6.45) is 9.29. The summed E-state index contributed by atoms with van der Waals surface area (Å²) < 4.78 is 46.0. The zero-order valence-electron chi connectivity index (χ0n) is 14.0. The average Bonchev–Trinajstić information content (AvgIpc) is 2.52. The Balaban J connectivity index is 2.29. The van der Waals surface area contributed by atoms with Gasteiger partial charge in [0.2, 0.25) is 0 Å². The van der Waals surface area contributed by atoms with Crippen LogP contribution in [0.5, 0.6) is 0 Å². The van der Waals surface area contributed by atoms with Crippen molar-refractivity contribution in [3.63, 3.8) is 0 Å². The van der Waals surface area contributed by atoms with Crippen molar-refractivity contribution < 1.29 is 17.4 Å². The van der Waals surface area contributed by atoms with Crippen molar-refractivity contribution in [2.24, 2.45) is 0 Å². The van der Waals surface area contributed by atoms with E-state index in [0.29, 0.717) is 6.42 Å². The molecule has 132 valence electrons. The Morgan fingerprint density at radius 1 is 0.957 bits per heavy atom. The van der Waals surface area contributed by atoms with Gasteiger partial charge in [-0.05, 0) is 12.5 Å². The standard InChI is InChI=1S/C18H29FO3S/c1-2-3-4-5-6-7-8-9-10-14-17(19)16-13-11-12-15-18(16)23(20,21)22/h11-13,15,17H,2-10,14H2,1H3,(H,20,21,22). The number of alkyl halides is 1. The molecule has 0 fully saturated rings. The van der Waals surface area contributed by atoms with E-state index in [2.05, 4.69) is 6.92 Å². The summed E-state index contributed by atoms with van der Waals surface area (Å²) in [7, 11) is -4.37. The molecule has 0 aliphatic heterocycles. The Kier molecular flexibility index (Phi) is 9.41. The number of hydrogen-bond donors (Lipinski definition) is 1. The largest absolute Gasteiger partial charge is 0.294 e. The molecule has 0 aliphatic rings. The first-order valence-electron chi connectivity index (χ1n) is 8.67. The van der Waals surface area contributed by atoms with E-state index in [1.54, 1.807) is 6.07 Å². The summed E-state index contributed by atoms with van der Waals surface area (Å²) in [6.45, 7) is 2.20. The first-order chi connectivity index (χ1) is 11.0. The summed E-state index contributed by atoms with van der Waals surface area (Å²) >= 11 is 0. The lowest BCUT2D eigenvalue weighted by Crippen LogP contribution is -2.05. The van der Waals surface area contributed by atoms with E-state index in [1.165, 1.54) is 56.7 Å². The Hall–Kier alpha value is -0.940. The third-order valence-electron chi connectivity index (χ3n) is 4.10. The van der Waals surface area contributed by atoms with Crippen LogP contribution >= 0.6 is 0 Å². The predicted molar refractivity (Wildman–Crippen MR) is 91.9 cm³/mol. The quantitative estimate of drug-likeness (QED) is 0.381. The topological polar surface area (TPSA) is 54.4 Å². The molecule has 0 heterocycles. The Labute approximate surface area is 140 Å². The van der Waals surface area contributed by atoms with Gasteiger partial charge in [-0.15, -0.1) is 0 Å². The highest BCUT2D eigenvalue weighted by Gasteiger charge is 2.20. The molecule has 0 aliphatic carbocycles. The van der Waals surface area contributed by atoms with Crippen molar-refractivity contribution in [2.75, 3.05) is 0 Å². The molecular formula is C18H29FO3S. The summed E-state index contributed by atoms with van der Waals surface area (Å²) in [6, 6.07) is 5.75. The van der Waals surface area contributed by atoms with Crippen LogP contribution in [0.3, 0.4) is 0 Å². The maximum absolute atomic E-state index is 14.3. The minimum absolute atomic E-state index is 0.0644. The van der Waals surface area contributed by atoms with Crippen LogP contribution in [0.15, 0.2) is 29.2 Å². The first kappa shape index (κ1) is 20.1. The second-order valence-electron chi connectivity index (χ2n) is 6.10. The molecule has 1 unspecified atom stereocenters. The fourth-order valence-corrected chi connectivity index (χ4v) is 3.51. The molecule has 1 aromatic carbocycles. The monoisotopic (exact) mass is 344 g/mol. The van der Waals surface area contributed by atoms with Gasteiger partial charge in [-0.1, -0.05) is 82.9 Å². The molecule has 0 amide bonds. The minimum Gasteiger partial charge on any atom is -0.282 e. The number of benzene rings is 1. The second kappa shape index (κ2) is 10.8.